The van der Waals surface area contributed by atoms with Gasteiger partial charge in [-0.15, -0.1) is 0 Å². The lowest BCUT2D eigenvalue weighted by Crippen LogP contribution is -2.59. The van der Waals surface area contributed by atoms with Crippen LogP contribution < -0.4 is 33.2 Å². The zero-order valence-electron chi connectivity index (χ0n) is 18.1. The minimum Gasteiger partial charge on any atom is -0.480 e. The van der Waals surface area contributed by atoms with Crippen molar-refractivity contribution in [1.29, 1.82) is 0 Å². The molecule has 0 radical (unpaired) electrons. The lowest BCUT2D eigenvalue weighted by molar-refractivity contribution is -0.144. The Balaban J connectivity index is 5.48. The molecule has 3 amide bonds. The second kappa shape index (κ2) is 14.1. The van der Waals surface area contributed by atoms with Crippen molar-refractivity contribution in [2.24, 2.45) is 28.1 Å². The molecule has 0 aliphatic heterocycles. The number of carboxylic acid groups (broad SMARTS) is 1. The molecule has 0 rings (SSSR count). The number of carboxylic acids is 1. The van der Waals surface area contributed by atoms with Crippen LogP contribution >= 0.6 is 0 Å². The summed E-state index contributed by atoms with van der Waals surface area (Å²) in [6, 6.07) is -3.66. The van der Waals surface area contributed by atoms with E-state index < -0.39 is 54.5 Å². The monoisotopic (exact) mass is 445 g/mol. The van der Waals surface area contributed by atoms with Gasteiger partial charge in [0.2, 0.25) is 17.7 Å². The minimum absolute atomic E-state index is 0.0819. The van der Waals surface area contributed by atoms with Crippen molar-refractivity contribution >= 4 is 29.7 Å². The van der Waals surface area contributed by atoms with Gasteiger partial charge >= 0.3 is 5.97 Å². The molecule has 0 spiro atoms. The first kappa shape index (κ1) is 28.1. The smallest absolute Gasteiger partial charge is 0.326 e. The van der Waals surface area contributed by atoms with Gasteiger partial charge in [-0.3, -0.25) is 19.4 Å². The van der Waals surface area contributed by atoms with Gasteiger partial charge in [0, 0.05) is 6.54 Å². The molecule has 0 aromatic heterocycles. The maximum Gasteiger partial charge on any atom is 0.326 e. The third kappa shape index (κ3) is 10.6. The molecule has 0 bridgehead atoms. The third-order valence-electron chi connectivity index (χ3n) is 4.62. The molecule has 0 saturated heterocycles. The van der Waals surface area contributed by atoms with E-state index in [2.05, 4.69) is 20.9 Å². The number of rotatable bonds is 14. The molecule has 31 heavy (non-hydrogen) atoms. The summed E-state index contributed by atoms with van der Waals surface area (Å²) in [6.07, 6.45) is -0.383. The summed E-state index contributed by atoms with van der Waals surface area (Å²) in [5, 5.41) is 26.4. The number of nitrogens with one attached hydrogen (secondary N) is 3. The van der Waals surface area contributed by atoms with Crippen molar-refractivity contribution in [2.75, 3.05) is 13.1 Å². The molecule has 0 aromatic carbocycles. The van der Waals surface area contributed by atoms with E-state index in [1.807, 2.05) is 0 Å². The number of aliphatic carboxylic acids is 1. The molecular weight excluding hydrogens is 410 g/mol. The molecule has 0 fully saturated rings. The number of carbonyl (C=O) groups is 4. The average molecular weight is 446 g/mol. The van der Waals surface area contributed by atoms with Gasteiger partial charge < -0.3 is 43.4 Å². The fourth-order valence-corrected chi connectivity index (χ4v) is 2.61. The zero-order valence-corrected chi connectivity index (χ0v) is 18.1. The van der Waals surface area contributed by atoms with E-state index in [-0.39, 0.29) is 24.8 Å². The molecule has 0 aliphatic carbocycles. The Labute approximate surface area is 181 Å². The van der Waals surface area contributed by atoms with E-state index in [0.29, 0.717) is 12.8 Å². The lowest BCUT2D eigenvalue weighted by Gasteiger charge is -2.26. The number of aliphatic hydroxyl groups excluding tert-OH is 1. The summed E-state index contributed by atoms with van der Waals surface area (Å²) in [5.74, 6) is -3.91. The summed E-state index contributed by atoms with van der Waals surface area (Å²) in [6.45, 7) is 4.54. The maximum absolute atomic E-state index is 12.8. The quantitative estimate of drug-likeness (QED) is 0.0769. The Bertz CT molecular complexity index is 651. The van der Waals surface area contributed by atoms with Gasteiger partial charge in [-0.1, -0.05) is 20.3 Å². The van der Waals surface area contributed by atoms with Gasteiger partial charge in [0.15, 0.2) is 5.96 Å². The molecule has 5 unspecified atom stereocenters. The normalized spacial score (nSPS) is 15.5. The van der Waals surface area contributed by atoms with Crippen molar-refractivity contribution in [3.63, 3.8) is 0 Å². The van der Waals surface area contributed by atoms with Gasteiger partial charge in [-0.05, 0) is 25.7 Å². The van der Waals surface area contributed by atoms with Crippen LogP contribution in [0.4, 0.5) is 0 Å². The molecule has 13 heteroatoms. The highest BCUT2D eigenvalue weighted by atomic mass is 16.4. The highest BCUT2D eigenvalue weighted by Crippen LogP contribution is 2.09. The number of nitrogens with two attached hydrogens (primary N) is 3. The molecule has 13 nitrogen and oxygen atoms in total. The standard InChI is InChI=1S/C18H35N7O6/c1-4-9(2)13(17(30)31)25-15(28)11(6-5-7-22-18(20)21)23-16(29)14(10(3)26)24-12(27)8-19/h9-11,13-14,26H,4-8,19H2,1-3H3,(H,23,29)(H,24,27)(H,25,28)(H,30,31)(H4,20,21,22). The number of guanidine groups is 1. The molecule has 5 atom stereocenters. The fraction of sp³-hybridized carbons (Fsp3) is 0.722. The first-order valence-electron chi connectivity index (χ1n) is 10.0. The molecule has 178 valence electrons. The fourth-order valence-electron chi connectivity index (χ4n) is 2.61. The third-order valence-corrected chi connectivity index (χ3v) is 4.62. The summed E-state index contributed by atoms with van der Waals surface area (Å²) < 4.78 is 0. The Morgan fingerprint density at radius 2 is 1.61 bits per heavy atom. The van der Waals surface area contributed by atoms with Crippen molar-refractivity contribution < 1.29 is 29.4 Å². The Morgan fingerprint density at radius 1 is 1.00 bits per heavy atom. The van der Waals surface area contributed by atoms with E-state index >= 15 is 0 Å². The molecule has 11 N–H and O–H groups in total. The van der Waals surface area contributed by atoms with Crippen LogP contribution in [0.15, 0.2) is 4.99 Å². The van der Waals surface area contributed by atoms with Crippen LogP contribution in [0.25, 0.3) is 0 Å². The number of nitrogens with zero attached hydrogens (tertiary/aromatic N) is 1. The van der Waals surface area contributed by atoms with Crippen LogP contribution in [0, 0.1) is 5.92 Å². The van der Waals surface area contributed by atoms with Crippen LogP contribution in [0.5, 0.6) is 0 Å². The van der Waals surface area contributed by atoms with Crippen molar-refractivity contribution in [3.05, 3.63) is 0 Å². The van der Waals surface area contributed by atoms with E-state index in [1.165, 1.54) is 6.92 Å². The van der Waals surface area contributed by atoms with E-state index in [1.54, 1.807) is 13.8 Å². The Kier molecular flexibility index (Phi) is 12.8. The van der Waals surface area contributed by atoms with Gasteiger partial charge in [0.1, 0.15) is 18.1 Å². The predicted molar refractivity (Wildman–Crippen MR) is 114 cm³/mol. The van der Waals surface area contributed by atoms with Crippen molar-refractivity contribution in [3.8, 4) is 0 Å². The first-order chi connectivity index (χ1) is 14.4. The second-order valence-corrected chi connectivity index (χ2v) is 7.21. The molecule has 0 saturated carbocycles. The van der Waals surface area contributed by atoms with Crippen LogP contribution in [-0.4, -0.2) is 77.2 Å². The summed E-state index contributed by atoms with van der Waals surface area (Å²) in [7, 11) is 0. The lowest BCUT2D eigenvalue weighted by atomic mass is 9.98. The van der Waals surface area contributed by atoms with Crippen LogP contribution in [0.2, 0.25) is 0 Å². The maximum atomic E-state index is 12.8. The number of carbonyl (C=O) groups excluding carboxylic acids is 3. The number of aliphatic hydroxyl groups is 1. The predicted octanol–water partition coefficient (Wildman–Crippen LogP) is -3.04. The summed E-state index contributed by atoms with van der Waals surface area (Å²) >= 11 is 0. The number of hydrogen-bond donors (Lipinski definition) is 8. The first-order valence-corrected chi connectivity index (χ1v) is 10.0. The van der Waals surface area contributed by atoms with Gasteiger partial charge in [-0.2, -0.15) is 0 Å². The van der Waals surface area contributed by atoms with Gasteiger partial charge in [0.05, 0.1) is 12.6 Å². The Morgan fingerprint density at radius 3 is 2.06 bits per heavy atom. The van der Waals surface area contributed by atoms with Crippen LogP contribution in [0.1, 0.15) is 40.0 Å². The van der Waals surface area contributed by atoms with E-state index in [9.17, 15) is 29.4 Å². The van der Waals surface area contributed by atoms with Gasteiger partial charge in [0.25, 0.3) is 0 Å². The average Bonchev–Trinajstić information content (AvgIpc) is 2.70. The van der Waals surface area contributed by atoms with Crippen molar-refractivity contribution in [1.82, 2.24) is 16.0 Å². The van der Waals surface area contributed by atoms with E-state index in [0.717, 1.165) is 0 Å². The highest BCUT2D eigenvalue weighted by molar-refractivity contribution is 5.93. The van der Waals surface area contributed by atoms with Crippen LogP contribution in [-0.2, 0) is 19.2 Å². The molecule has 0 heterocycles. The zero-order chi connectivity index (χ0) is 24.1. The molecule has 0 aromatic rings. The van der Waals surface area contributed by atoms with Gasteiger partial charge in [-0.25, -0.2) is 4.79 Å². The molecule has 0 aliphatic rings. The number of hydrogen-bond acceptors (Lipinski definition) is 7. The Hall–Kier alpha value is -2.93. The van der Waals surface area contributed by atoms with E-state index in [4.69, 9.17) is 17.2 Å². The van der Waals surface area contributed by atoms with Crippen molar-refractivity contribution in [2.45, 2.75) is 64.3 Å². The highest BCUT2D eigenvalue weighted by Gasteiger charge is 2.32. The SMILES string of the molecule is CCC(C)C(NC(=O)C(CCCN=C(N)N)NC(=O)C(NC(=O)CN)C(C)O)C(=O)O. The minimum atomic E-state index is -1.35. The number of amides is 3. The van der Waals surface area contributed by atoms with Crippen LogP contribution in [0.3, 0.4) is 0 Å². The second-order valence-electron chi connectivity index (χ2n) is 7.21. The largest absolute Gasteiger partial charge is 0.480 e. The number of aliphatic imine (C=N–C) groups is 1. The molecular formula is C18H35N7O6. The summed E-state index contributed by atoms with van der Waals surface area (Å²) in [4.78, 5) is 52.3. The summed E-state index contributed by atoms with van der Waals surface area (Å²) in [5.41, 5.74) is 15.8. The topological polar surface area (TPSA) is 235 Å².